The van der Waals surface area contributed by atoms with Crippen LogP contribution in [-0.2, 0) is 4.74 Å². The molecule has 3 nitrogen and oxygen atoms in total. The number of aryl methyl sites for hydroxylation is 1. The first-order valence-corrected chi connectivity index (χ1v) is 5.96. The Labute approximate surface area is 111 Å². The second kappa shape index (κ2) is 6.65. The monoisotopic (exact) mass is 276 g/mol. The van der Waals surface area contributed by atoms with Crippen LogP contribution in [-0.4, -0.2) is 40.0 Å². The molecule has 0 bridgehead atoms. The molecule has 0 unspecified atom stereocenters. The van der Waals surface area contributed by atoms with Crippen molar-refractivity contribution in [3.8, 4) is 0 Å². The summed E-state index contributed by atoms with van der Waals surface area (Å²) < 4.78 is 40.0. The van der Waals surface area contributed by atoms with Crippen molar-refractivity contribution < 1.29 is 17.9 Å². The van der Waals surface area contributed by atoms with E-state index in [1.165, 1.54) is 0 Å². The Bertz CT molecular complexity index is 405. The zero-order valence-electron chi connectivity index (χ0n) is 11.3. The number of alkyl halides is 3. The third-order valence-corrected chi connectivity index (χ3v) is 2.53. The largest absolute Gasteiger partial charge is 0.411 e. The number of hydrogen-bond acceptors (Lipinski definition) is 3. The number of benzene rings is 1. The second-order valence-corrected chi connectivity index (χ2v) is 4.49. The van der Waals surface area contributed by atoms with Gasteiger partial charge < -0.3 is 15.0 Å². The predicted molar refractivity (Wildman–Crippen MR) is 70.9 cm³/mol. The molecule has 0 heterocycles. The Hall–Kier alpha value is -1.43. The summed E-state index contributed by atoms with van der Waals surface area (Å²) in [5, 5.41) is 3.03. The highest BCUT2D eigenvalue weighted by Gasteiger charge is 2.27. The molecule has 0 aliphatic carbocycles. The van der Waals surface area contributed by atoms with E-state index in [0.717, 1.165) is 16.9 Å². The van der Waals surface area contributed by atoms with Gasteiger partial charge in [0.05, 0.1) is 6.61 Å². The molecule has 108 valence electrons. The van der Waals surface area contributed by atoms with E-state index in [9.17, 15) is 13.2 Å². The van der Waals surface area contributed by atoms with Gasteiger partial charge in [0.1, 0.15) is 6.61 Å². The molecular weight excluding hydrogens is 257 g/mol. The molecular formula is C13H19F3N2O. The highest BCUT2D eigenvalue weighted by Crippen LogP contribution is 2.22. The summed E-state index contributed by atoms with van der Waals surface area (Å²) >= 11 is 0. The van der Waals surface area contributed by atoms with Gasteiger partial charge in [-0.25, -0.2) is 0 Å². The fourth-order valence-corrected chi connectivity index (χ4v) is 1.66. The molecule has 19 heavy (non-hydrogen) atoms. The van der Waals surface area contributed by atoms with Gasteiger partial charge in [-0.2, -0.15) is 13.2 Å². The Morgan fingerprint density at radius 2 is 1.95 bits per heavy atom. The standard InChI is InChI=1S/C13H19F3N2O/c1-10-4-5-11(8-12(10)18(2)3)17-6-7-19-9-13(14,15)16/h4-5,8,17H,6-7,9H2,1-3H3. The maximum atomic E-state index is 11.8. The van der Waals surface area contributed by atoms with Crippen molar-refractivity contribution in [2.75, 3.05) is 44.1 Å². The minimum absolute atomic E-state index is 0.0185. The lowest BCUT2D eigenvalue weighted by Crippen LogP contribution is -2.20. The smallest absolute Gasteiger partial charge is 0.383 e. The molecule has 0 atom stereocenters. The molecule has 0 aromatic heterocycles. The highest BCUT2D eigenvalue weighted by molar-refractivity contribution is 5.61. The van der Waals surface area contributed by atoms with Crippen molar-refractivity contribution in [3.63, 3.8) is 0 Å². The Morgan fingerprint density at radius 1 is 1.26 bits per heavy atom. The minimum Gasteiger partial charge on any atom is -0.383 e. The summed E-state index contributed by atoms with van der Waals surface area (Å²) in [5.74, 6) is 0. The summed E-state index contributed by atoms with van der Waals surface area (Å²) in [6, 6.07) is 5.82. The lowest BCUT2D eigenvalue weighted by Gasteiger charge is -2.17. The van der Waals surface area contributed by atoms with Gasteiger partial charge in [0.2, 0.25) is 0 Å². The molecule has 6 heteroatoms. The molecule has 0 amide bonds. The van der Waals surface area contributed by atoms with Crippen LogP contribution < -0.4 is 10.2 Å². The molecule has 0 fully saturated rings. The summed E-state index contributed by atoms with van der Waals surface area (Å²) in [6.07, 6.45) is -4.26. The van der Waals surface area contributed by atoms with Crippen LogP contribution in [0.5, 0.6) is 0 Å². The van der Waals surface area contributed by atoms with Crippen molar-refractivity contribution in [3.05, 3.63) is 23.8 Å². The van der Waals surface area contributed by atoms with E-state index in [0.29, 0.717) is 6.54 Å². The number of ether oxygens (including phenoxy) is 1. The van der Waals surface area contributed by atoms with Gasteiger partial charge in [0.25, 0.3) is 0 Å². The van der Waals surface area contributed by atoms with Crippen molar-refractivity contribution in [1.82, 2.24) is 0 Å². The van der Waals surface area contributed by atoms with Gasteiger partial charge in [0.15, 0.2) is 0 Å². The average Bonchev–Trinajstić information content (AvgIpc) is 2.29. The predicted octanol–water partition coefficient (Wildman–Crippen LogP) is 3.05. The van der Waals surface area contributed by atoms with Crippen molar-refractivity contribution in [2.24, 2.45) is 0 Å². The van der Waals surface area contributed by atoms with E-state index in [4.69, 9.17) is 0 Å². The summed E-state index contributed by atoms with van der Waals surface area (Å²) in [4.78, 5) is 1.99. The SMILES string of the molecule is Cc1ccc(NCCOCC(F)(F)F)cc1N(C)C. The van der Waals surface area contributed by atoms with Crippen LogP contribution >= 0.6 is 0 Å². The van der Waals surface area contributed by atoms with Gasteiger partial charge >= 0.3 is 6.18 Å². The van der Waals surface area contributed by atoms with Crippen LogP contribution in [0.3, 0.4) is 0 Å². The van der Waals surface area contributed by atoms with Crippen LogP contribution in [0.1, 0.15) is 5.56 Å². The first-order valence-electron chi connectivity index (χ1n) is 5.96. The number of rotatable bonds is 6. The van der Waals surface area contributed by atoms with Gasteiger partial charge in [-0.15, -0.1) is 0 Å². The third-order valence-electron chi connectivity index (χ3n) is 2.53. The van der Waals surface area contributed by atoms with E-state index in [-0.39, 0.29) is 6.61 Å². The third kappa shape index (κ3) is 5.83. The number of halogens is 3. The van der Waals surface area contributed by atoms with Gasteiger partial charge in [-0.3, -0.25) is 0 Å². The average molecular weight is 276 g/mol. The molecule has 0 radical (unpaired) electrons. The van der Waals surface area contributed by atoms with Crippen molar-refractivity contribution in [1.29, 1.82) is 0 Å². The first-order chi connectivity index (χ1) is 8.79. The minimum atomic E-state index is -4.26. The van der Waals surface area contributed by atoms with Crippen LogP contribution in [0.2, 0.25) is 0 Å². The molecule has 0 aliphatic heterocycles. The number of nitrogens with zero attached hydrogens (tertiary/aromatic N) is 1. The van der Waals surface area contributed by atoms with Gasteiger partial charge in [0, 0.05) is 32.0 Å². The van der Waals surface area contributed by atoms with E-state index in [2.05, 4.69) is 10.1 Å². The van der Waals surface area contributed by atoms with Crippen LogP contribution in [0.25, 0.3) is 0 Å². The highest BCUT2D eigenvalue weighted by atomic mass is 19.4. The molecule has 1 N–H and O–H groups in total. The molecule has 0 spiro atoms. The molecule has 1 aromatic carbocycles. The number of hydrogen-bond donors (Lipinski definition) is 1. The zero-order valence-corrected chi connectivity index (χ0v) is 11.3. The van der Waals surface area contributed by atoms with Crippen molar-refractivity contribution >= 4 is 11.4 Å². The van der Waals surface area contributed by atoms with E-state index in [1.807, 2.05) is 44.1 Å². The van der Waals surface area contributed by atoms with Gasteiger partial charge in [-0.05, 0) is 24.6 Å². The molecule has 0 saturated heterocycles. The zero-order chi connectivity index (χ0) is 14.5. The van der Waals surface area contributed by atoms with Crippen LogP contribution in [0.4, 0.5) is 24.5 Å². The molecule has 1 aromatic rings. The van der Waals surface area contributed by atoms with Gasteiger partial charge in [-0.1, -0.05) is 6.07 Å². The van der Waals surface area contributed by atoms with E-state index in [1.54, 1.807) is 0 Å². The first kappa shape index (κ1) is 15.6. The quantitative estimate of drug-likeness (QED) is 0.808. The summed E-state index contributed by atoms with van der Waals surface area (Å²) in [7, 11) is 3.89. The molecule has 0 saturated carbocycles. The maximum absolute atomic E-state index is 11.8. The Balaban J connectivity index is 2.40. The second-order valence-electron chi connectivity index (χ2n) is 4.49. The van der Waals surface area contributed by atoms with Crippen molar-refractivity contribution in [2.45, 2.75) is 13.1 Å². The summed E-state index contributed by atoms with van der Waals surface area (Å²) in [5.41, 5.74) is 3.08. The van der Waals surface area contributed by atoms with E-state index >= 15 is 0 Å². The molecule has 1 rings (SSSR count). The maximum Gasteiger partial charge on any atom is 0.411 e. The number of nitrogens with one attached hydrogen (secondary N) is 1. The lowest BCUT2D eigenvalue weighted by atomic mass is 10.1. The fraction of sp³-hybridized carbons (Fsp3) is 0.538. The Kier molecular flexibility index (Phi) is 5.47. The normalized spacial score (nSPS) is 11.5. The summed E-state index contributed by atoms with van der Waals surface area (Å²) in [6.45, 7) is 1.16. The Morgan fingerprint density at radius 3 is 2.53 bits per heavy atom. The van der Waals surface area contributed by atoms with Crippen LogP contribution in [0.15, 0.2) is 18.2 Å². The number of anilines is 2. The fourth-order valence-electron chi connectivity index (χ4n) is 1.66. The van der Waals surface area contributed by atoms with E-state index < -0.39 is 12.8 Å². The topological polar surface area (TPSA) is 24.5 Å². The molecule has 0 aliphatic rings. The lowest BCUT2D eigenvalue weighted by molar-refractivity contribution is -0.172. The van der Waals surface area contributed by atoms with Crippen LogP contribution in [0, 0.1) is 6.92 Å².